The lowest BCUT2D eigenvalue weighted by atomic mass is 9.95. The highest BCUT2D eigenvalue weighted by molar-refractivity contribution is 7.84. The number of ketones is 1. The van der Waals surface area contributed by atoms with Crippen molar-refractivity contribution in [2.75, 3.05) is 20.2 Å². The van der Waals surface area contributed by atoms with E-state index in [4.69, 9.17) is 21.1 Å². The zero-order valence-electron chi connectivity index (χ0n) is 13.9. The number of hydrogen-bond donors (Lipinski definition) is 1. The standard InChI is InChI=1S/C18H20ClNO4S/c1-23-14-9-20-7-6-15(25)12(17(20)18(14)22)8-16(21)24-10-11-4-2-3-5-13(11)19/h2-5,14,17,25H,6-10H2,1H3. The molecule has 134 valence electrons. The lowest BCUT2D eigenvalue weighted by Gasteiger charge is -2.30. The van der Waals surface area contributed by atoms with Crippen LogP contribution in [-0.2, 0) is 25.7 Å². The molecule has 1 aromatic rings. The number of fused-ring (bicyclic) bond motifs is 1. The first-order chi connectivity index (χ1) is 12.0. The van der Waals surface area contributed by atoms with Gasteiger partial charge in [0.25, 0.3) is 0 Å². The number of nitrogens with zero attached hydrogens (tertiary/aromatic N) is 1. The van der Waals surface area contributed by atoms with Gasteiger partial charge in [-0.25, -0.2) is 0 Å². The van der Waals surface area contributed by atoms with Gasteiger partial charge in [0.15, 0.2) is 5.78 Å². The molecule has 2 atom stereocenters. The van der Waals surface area contributed by atoms with Crippen LogP contribution < -0.4 is 0 Å². The summed E-state index contributed by atoms with van der Waals surface area (Å²) in [7, 11) is 1.53. The fraction of sp³-hybridized carbons (Fsp3) is 0.444. The van der Waals surface area contributed by atoms with Crippen molar-refractivity contribution >= 4 is 36.0 Å². The molecular formula is C18H20ClNO4S. The molecule has 7 heteroatoms. The van der Waals surface area contributed by atoms with Crippen LogP contribution in [0.25, 0.3) is 0 Å². The fourth-order valence-corrected chi connectivity index (χ4v) is 3.81. The van der Waals surface area contributed by atoms with Gasteiger partial charge in [0, 0.05) is 30.8 Å². The highest BCUT2D eigenvalue weighted by Crippen LogP contribution is 2.34. The van der Waals surface area contributed by atoms with Crippen molar-refractivity contribution in [2.24, 2.45) is 0 Å². The monoisotopic (exact) mass is 381 g/mol. The predicted octanol–water partition coefficient (Wildman–Crippen LogP) is 2.63. The SMILES string of the molecule is COC1CN2CCC(S)=C(CC(=O)OCc3ccccc3Cl)C2C1=O. The van der Waals surface area contributed by atoms with Gasteiger partial charge in [-0.3, -0.25) is 14.5 Å². The van der Waals surface area contributed by atoms with Crippen LogP contribution in [0.3, 0.4) is 0 Å². The number of rotatable bonds is 5. The summed E-state index contributed by atoms with van der Waals surface area (Å²) in [4.78, 5) is 27.7. The normalized spacial score (nSPS) is 23.7. The number of thiol groups is 1. The molecule has 0 amide bonds. The van der Waals surface area contributed by atoms with Crippen molar-refractivity contribution in [2.45, 2.75) is 31.6 Å². The Labute approximate surface area is 157 Å². The van der Waals surface area contributed by atoms with Crippen LogP contribution in [0.5, 0.6) is 0 Å². The second-order valence-corrected chi connectivity index (χ2v) is 7.12. The largest absolute Gasteiger partial charge is 0.461 e. The Morgan fingerprint density at radius 1 is 1.40 bits per heavy atom. The van der Waals surface area contributed by atoms with Gasteiger partial charge in [-0.2, -0.15) is 0 Å². The Morgan fingerprint density at radius 2 is 2.16 bits per heavy atom. The number of carbonyl (C=O) groups is 2. The Bertz CT molecular complexity index is 721. The van der Waals surface area contributed by atoms with E-state index in [-0.39, 0.29) is 18.8 Å². The zero-order valence-corrected chi connectivity index (χ0v) is 15.6. The molecule has 25 heavy (non-hydrogen) atoms. The molecule has 0 N–H and O–H groups in total. The highest BCUT2D eigenvalue weighted by atomic mass is 35.5. The summed E-state index contributed by atoms with van der Waals surface area (Å²) in [5.74, 6) is -0.403. The van der Waals surface area contributed by atoms with Crippen LogP contribution in [0.15, 0.2) is 34.7 Å². The molecule has 0 saturated carbocycles. The van der Waals surface area contributed by atoms with Crippen molar-refractivity contribution < 1.29 is 19.1 Å². The molecule has 0 aromatic heterocycles. The zero-order chi connectivity index (χ0) is 18.0. The smallest absolute Gasteiger partial charge is 0.310 e. The number of methoxy groups -OCH3 is 1. The third-order valence-corrected chi connectivity index (χ3v) is 5.53. The van der Waals surface area contributed by atoms with E-state index in [0.717, 1.165) is 29.0 Å². The van der Waals surface area contributed by atoms with E-state index < -0.39 is 18.1 Å². The molecular weight excluding hydrogens is 362 g/mol. The van der Waals surface area contributed by atoms with E-state index >= 15 is 0 Å². The third kappa shape index (κ3) is 3.92. The van der Waals surface area contributed by atoms with Crippen molar-refractivity contribution in [1.29, 1.82) is 0 Å². The van der Waals surface area contributed by atoms with E-state index in [9.17, 15) is 9.59 Å². The summed E-state index contributed by atoms with van der Waals surface area (Å²) in [5, 5.41) is 0.558. The lowest BCUT2D eigenvalue weighted by Crippen LogP contribution is -2.40. The molecule has 1 aromatic carbocycles. The maximum atomic E-state index is 12.5. The lowest BCUT2D eigenvalue weighted by molar-refractivity contribution is -0.144. The summed E-state index contributed by atoms with van der Waals surface area (Å²) in [6.45, 7) is 1.41. The summed E-state index contributed by atoms with van der Waals surface area (Å²) < 4.78 is 10.6. The summed E-state index contributed by atoms with van der Waals surface area (Å²) in [6, 6.07) is 6.79. The van der Waals surface area contributed by atoms with Crippen LogP contribution in [0.2, 0.25) is 5.02 Å². The van der Waals surface area contributed by atoms with Gasteiger partial charge in [-0.1, -0.05) is 29.8 Å². The molecule has 5 nitrogen and oxygen atoms in total. The molecule has 0 aliphatic carbocycles. The number of benzene rings is 1. The second-order valence-electron chi connectivity index (χ2n) is 6.17. The fourth-order valence-electron chi connectivity index (χ4n) is 3.31. The van der Waals surface area contributed by atoms with Gasteiger partial charge in [0.1, 0.15) is 12.7 Å². The molecule has 0 radical (unpaired) electrons. The van der Waals surface area contributed by atoms with E-state index in [1.165, 1.54) is 7.11 Å². The molecule has 2 aliphatic rings. The van der Waals surface area contributed by atoms with E-state index in [2.05, 4.69) is 12.6 Å². The third-order valence-electron chi connectivity index (χ3n) is 4.65. The van der Waals surface area contributed by atoms with Gasteiger partial charge >= 0.3 is 5.97 Å². The van der Waals surface area contributed by atoms with Gasteiger partial charge < -0.3 is 9.47 Å². The molecule has 0 spiro atoms. The van der Waals surface area contributed by atoms with Crippen molar-refractivity contribution in [3.8, 4) is 0 Å². The minimum Gasteiger partial charge on any atom is -0.461 e. The van der Waals surface area contributed by atoms with Crippen molar-refractivity contribution in [3.63, 3.8) is 0 Å². The van der Waals surface area contributed by atoms with Gasteiger partial charge in [-0.15, -0.1) is 12.6 Å². The molecule has 1 fully saturated rings. The Hall–Kier alpha value is -1.34. The van der Waals surface area contributed by atoms with Crippen LogP contribution in [0.4, 0.5) is 0 Å². The molecule has 2 unspecified atom stereocenters. The number of Topliss-reactive ketones (excluding diaryl/α,β-unsaturated/α-hetero) is 1. The van der Waals surface area contributed by atoms with Crippen LogP contribution in [-0.4, -0.2) is 49.0 Å². The Balaban J connectivity index is 1.67. The second kappa shape index (κ2) is 7.91. The number of hydrogen-bond acceptors (Lipinski definition) is 6. The van der Waals surface area contributed by atoms with Gasteiger partial charge in [0.05, 0.1) is 12.5 Å². The maximum Gasteiger partial charge on any atom is 0.310 e. The average Bonchev–Trinajstić information content (AvgIpc) is 2.93. The Morgan fingerprint density at radius 3 is 2.88 bits per heavy atom. The Kier molecular flexibility index (Phi) is 5.84. The number of halogens is 1. The molecule has 2 aliphatic heterocycles. The highest BCUT2D eigenvalue weighted by Gasteiger charge is 2.45. The quantitative estimate of drug-likeness (QED) is 0.627. The van der Waals surface area contributed by atoms with E-state index in [1.807, 2.05) is 23.1 Å². The first-order valence-electron chi connectivity index (χ1n) is 8.11. The minimum atomic E-state index is -0.446. The minimum absolute atomic E-state index is 0.0114. The summed E-state index contributed by atoms with van der Waals surface area (Å²) in [6.07, 6.45) is 0.321. The predicted molar refractivity (Wildman–Crippen MR) is 97.7 cm³/mol. The number of ether oxygens (including phenoxy) is 2. The van der Waals surface area contributed by atoms with Crippen molar-refractivity contribution in [1.82, 2.24) is 4.90 Å². The first-order valence-corrected chi connectivity index (χ1v) is 8.94. The van der Waals surface area contributed by atoms with Crippen molar-refractivity contribution in [3.05, 3.63) is 45.3 Å². The summed E-state index contributed by atoms with van der Waals surface area (Å²) >= 11 is 10.6. The van der Waals surface area contributed by atoms with E-state index in [1.54, 1.807) is 6.07 Å². The van der Waals surface area contributed by atoms with Gasteiger partial charge in [0.2, 0.25) is 0 Å². The molecule has 3 rings (SSSR count). The van der Waals surface area contributed by atoms with Crippen LogP contribution >= 0.6 is 24.2 Å². The average molecular weight is 382 g/mol. The molecule has 2 heterocycles. The van der Waals surface area contributed by atoms with Gasteiger partial charge in [-0.05, 0) is 23.0 Å². The first kappa shape index (κ1) is 18.5. The summed E-state index contributed by atoms with van der Waals surface area (Å²) in [5.41, 5.74) is 1.47. The van der Waals surface area contributed by atoms with Crippen LogP contribution in [0, 0.1) is 0 Å². The number of carbonyl (C=O) groups excluding carboxylic acids is 2. The van der Waals surface area contributed by atoms with Crippen LogP contribution in [0.1, 0.15) is 18.4 Å². The topological polar surface area (TPSA) is 55.8 Å². The maximum absolute atomic E-state index is 12.5. The number of esters is 1. The van der Waals surface area contributed by atoms with E-state index in [0.29, 0.717) is 11.6 Å². The molecule has 0 bridgehead atoms. The molecule has 1 saturated heterocycles.